The van der Waals surface area contributed by atoms with Crippen molar-refractivity contribution >= 4 is 11.5 Å². The molecule has 0 spiro atoms. The number of nitrogen functional groups attached to an aromatic ring is 1. The van der Waals surface area contributed by atoms with Crippen molar-refractivity contribution in [1.82, 2.24) is 14.7 Å². The van der Waals surface area contributed by atoms with E-state index in [-0.39, 0.29) is 0 Å². The van der Waals surface area contributed by atoms with Crippen molar-refractivity contribution < 1.29 is 0 Å². The van der Waals surface area contributed by atoms with E-state index in [1.165, 1.54) is 12.8 Å². The molecule has 0 radical (unpaired) electrons. The van der Waals surface area contributed by atoms with Crippen LogP contribution >= 0.6 is 0 Å². The lowest BCUT2D eigenvalue weighted by Crippen LogP contribution is -2.46. The maximum atomic E-state index is 6.19. The Morgan fingerprint density at radius 1 is 1.44 bits per heavy atom. The molecule has 0 bridgehead atoms. The first-order chi connectivity index (χ1) is 8.54. The van der Waals surface area contributed by atoms with Crippen molar-refractivity contribution in [1.29, 1.82) is 0 Å². The van der Waals surface area contributed by atoms with Crippen LogP contribution in [0, 0.1) is 6.92 Å². The molecule has 1 aromatic rings. The fourth-order valence-electron chi connectivity index (χ4n) is 2.71. The topological polar surface area (TPSA) is 50.3 Å². The average Bonchev–Trinajstić information content (AvgIpc) is 2.65. The Morgan fingerprint density at radius 2 is 2.17 bits per heavy atom. The van der Waals surface area contributed by atoms with E-state index in [1.807, 2.05) is 11.6 Å². The molecule has 2 rings (SSSR count). The number of nitrogens with zero attached hydrogens (tertiary/aromatic N) is 4. The van der Waals surface area contributed by atoms with E-state index in [0.717, 1.165) is 36.8 Å². The lowest BCUT2D eigenvalue weighted by atomic mass is 10.0. The van der Waals surface area contributed by atoms with Gasteiger partial charge in [0.1, 0.15) is 0 Å². The van der Waals surface area contributed by atoms with Crippen molar-refractivity contribution in [3.05, 3.63) is 5.69 Å². The highest BCUT2D eigenvalue weighted by molar-refractivity contribution is 5.66. The summed E-state index contributed by atoms with van der Waals surface area (Å²) in [4.78, 5) is 4.70. The van der Waals surface area contributed by atoms with Crippen molar-refractivity contribution in [3.8, 4) is 0 Å². The van der Waals surface area contributed by atoms with Gasteiger partial charge in [-0.1, -0.05) is 0 Å². The molecule has 0 aromatic carbocycles. The molecule has 5 heteroatoms. The van der Waals surface area contributed by atoms with Gasteiger partial charge in [0.2, 0.25) is 0 Å². The Morgan fingerprint density at radius 3 is 2.78 bits per heavy atom. The highest BCUT2D eigenvalue weighted by Gasteiger charge is 2.26. The van der Waals surface area contributed by atoms with Crippen LogP contribution in [0.4, 0.5) is 11.5 Å². The van der Waals surface area contributed by atoms with Gasteiger partial charge in [0.15, 0.2) is 5.82 Å². The fourth-order valence-corrected chi connectivity index (χ4v) is 2.71. The minimum Gasteiger partial charge on any atom is -0.394 e. The zero-order chi connectivity index (χ0) is 13.3. The van der Waals surface area contributed by atoms with Crippen LogP contribution in [-0.4, -0.2) is 47.9 Å². The van der Waals surface area contributed by atoms with Gasteiger partial charge < -0.3 is 15.5 Å². The Hall–Kier alpha value is -1.23. The van der Waals surface area contributed by atoms with Gasteiger partial charge in [0, 0.05) is 25.7 Å². The molecule has 0 amide bonds. The van der Waals surface area contributed by atoms with Crippen LogP contribution in [0.2, 0.25) is 0 Å². The molecule has 102 valence electrons. The summed E-state index contributed by atoms with van der Waals surface area (Å²) in [7, 11) is 4.31. The van der Waals surface area contributed by atoms with Gasteiger partial charge in [0.25, 0.3) is 0 Å². The third kappa shape index (κ3) is 2.32. The van der Waals surface area contributed by atoms with Gasteiger partial charge in [-0.3, -0.25) is 0 Å². The monoisotopic (exact) mass is 251 g/mol. The molecule has 0 aliphatic carbocycles. The molecule has 5 nitrogen and oxygen atoms in total. The Labute approximate surface area is 110 Å². The third-order valence-corrected chi connectivity index (χ3v) is 3.87. The number of hydrogen-bond acceptors (Lipinski definition) is 4. The van der Waals surface area contributed by atoms with Crippen LogP contribution < -0.4 is 10.6 Å². The molecule has 1 unspecified atom stereocenters. The molecular weight excluding hydrogens is 226 g/mol. The zero-order valence-electron chi connectivity index (χ0n) is 12.0. The average molecular weight is 251 g/mol. The predicted molar refractivity (Wildman–Crippen MR) is 76.0 cm³/mol. The van der Waals surface area contributed by atoms with Gasteiger partial charge in [-0.2, -0.15) is 5.10 Å². The standard InChI is InChI=1S/C13H25N5/c1-5-18-13(12(14)10(2)15-18)17-8-6-7-11(9-17)16(3)4/h11H,5-9,14H2,1-4H3. The number of rotatable bonds is 3. The maximum absolute atomic E-state index is 6.19. The second-order valence-electron chi connectivity index (χ2n) is 5.34. The van der Waals surface area contributed by atoms with E-state index in [2.05, 4.69) is 35.9 Å². The van der Waals surface area contributed by atoms with Crippen LogP contribution in [0.3, 0.4) is 0 Å². The van der Waals surface area contributed by atoms with Crippen LogP contribution in [-0.2, 0) is 6.54 Å². The summed E-state index contributed by atoms with van der Waals surface area (Å²) in [6.07, 6.45) is 2.48. The molecule has 1 saturated heterocycles. The molecule has 2 heterocycles. The smallest absolute Gasteiger partial charge is 0.150 e. The second kappa shape index (κ2) is 5.18. The third-order valence-electron chi connectivity index (χ3n) is 3.87. The molecule has 1 atom stereocenters. The van der Waals surface area contributed by atoms with Gasteiger partial charge in [-0.15, -0.1) is 0 Å². The molecule has 2 N–H and O–H groups in total. The van der Waals surface area contributed by atoms with Gasteiger partial charge >= 0.3 is 0 Å². The lowest BCUT2D eigenvalue weighted by Gasteiger charge is -2.37. The largest absolute Gasteiger partial charge is 0.394 e. The fraction of sp³-hybridized carbons (Fsp3) is 0.769. The van der Waals surface area contributed by atoms with Crippen LogP contribution in [0.15, 0.2) is 0 Å². The Kier molecular flexibility index (Phi) is 3.80. The summed E-state index contributed by atoms with van der Waals surface area (Å²) < 4.78 is 2.03. The molecule has 1 aromatic heterocycles. The SMILES string of the molecule is CCn1nc(C)c(N)c1N1CCCC(N(C)C)C1. The van der Waals surface area contributed by atoms with Crippen molar-refractivity contribution in [2.24, 2.45) is 0 Å². The summed E-state index contributed by atoms with van der Waals surface area (Å²) in [5.74, 6) is 1.11. The minimum absolute atomic E-state index is 0.610. The molecule has 1 aliphatic heterocycles. The number of anilines is 2. The van der Waals surface area contributed by atoms with E-state index in [1.54, 1.807) is 0 Å². The first kappa shape index (κ1) is 13.2. The summed E-state index contributed by atoms with van der Waals surface area (Å²) in [6, 6.07) is 0.610. The summed E-state index contributed by atoms with van der Waals surface area (Å²) in [5.41, 5.74) is 7.98. The number of aromatic nitrogens is 2. The number of nitrogens with two attached hydrogens (primary N) is 1. The Bertz CT molecular complexity index is 410. The number of piperidine rings is 1. The van der Waals surface area contributed by atoms with Crippen LogP contribution in [0.1, 0.15) is 25.5 Å². The van der Waals surface area contributed by atoms with E-state index in [4.69, 9.17) is 5.73 Å². The summed E-state index contributed by atoms with van der Waals surface area (Å²) >= 11 is 0. The summed E-state index contributed by atoms with van der Waals surface area (Å²) in [6.45, 7) is 7.10. The van der Waals surface area contributed by atoms with Gasteiger partial charge in [-0.25, -0.2) is 4.68 Å². The molecule has 0 saturated carbocycles. The summed E-state index contributed by atoms with van der Waals surface area (Å²) in [5, 5.41) is 4.51. The van der Waals surface area contributed by atoms with Gasteiger partial charge in [-0.05, 0) is 40.8 Å². The van der Waals surface area contributed by atoms with E-state index in [9.17, 15) is 0 Å². The van der Waals surface area contributed by atoms with Crippen molar-refractivity contribution in [3.63, 3.8) is 0 Å². The highest BCUT2D eigenvalue weighted by atomic mass is 15.4. The number of likely N-dealkylation sites (N-methyl/N-ethyl adjacent to an activating group) is 1. The highest BCUT2D eigenvalue weighted by Crippen LogP contribution is 2.29. The molecule has 1 aliphatic rings. The van der Waals surface area contributed by atoms with E-state index < -0.39 is 0 Å². The molecule has 18 heavy (non-hydrogen) atoms. The molecular formula is C13H25N5. The zero-order valence-corrected chi connectivity index (χ0v) is 12.0. The first-order valence-corrected chi connectivity index (χ1v) is 6.78. The van der Waals surface area contributed by atoms with Crippen molar-refractivity contribution in [2.75, 3.05) is 37.8 Å². The molecule has 1 fully saturated rings. The van der Waals surface area contributed by atoms with E-state index in [0.29, 0.717) is 6.04 Å². The number of hydrogen-bond donors (Lipinski definition) is 1. The first-order valence-electron chi connectivity index (χ1n) is 6.78. The van der Waals surface area contributed by atoms with Crippen LogP contribution in [0.5, 0.6) is 0 Å². The normalized spacial score (nSPS) is 20.7. The predicted octanol–water partition coefficient (Wildman–Crippen LogP) is 1.32. The van der Waals surface area contributed by atoms with Gasteiger partial charge in [0.05, 0.1) is 11.4 Å². The minimum atomic E-state index is 0.610. The maximum Gasteiger partial charge on any atom is 0.150 e. The van der Waals surface area contributed by atoms with E-state index >= 15 is 0 Å². The Balaban J connectivity index is 2.25. The van der Waals surface area contributed by atoms with Crippen molar-refractivity contribution in [2.45, 2.75) is 39.3 Å². The number of aryl methyl sites for hydroxylation is 2. The van der Waals surface area contributed by atoms with Crippen LogP contribution in [0.25, 0.3) is 0 Å². The second-order valence-corrected chi connectivity index (χ2v) is 5.34. The quantitative estimate of drug-likeness (QED) is 0.880. The lowest BCUT2D eigenvalue weighted by molar-refractivity contribution is 0.256.